The number of fused-ring (bicyclic) bond motifs is 1. The van der Waals surface area contributed by atoms with Crippen molar-refractivity contribution >= 4 is 22.4 Å². The average Bonchev–Trinajstić information content (AvgIpc) is 2.88. The van der Waals surface area contributed by atoms with Crippen molar-refractivity contribution < 1.29 is 26.7 Å². The Morgan fingerprint density at radius 3 is 2.08 bits per heavy atom. The summed E-state index contributed by atoms with van der Waals surface area (Å²) < 4.78 is 78.0. The van der Waals surface area contributed by atoms with E-state index in [0.29, 0.717) is 23.1 Å². The SMILES string of the molecule is CCCCCCCOc1cc(F)c(-c2ccc3c(F)c(CCc4cc(F)c(Cl)c(F)c4)ccc3c2)c(F)c1. The zero-order valence-corrected chi connectivity index (χ0v) is 21.8. The van der Waals surface area contributed by atoms with Crippen LogP contribution in [0.5, 0.6) is 5.75 Å². The minimum absolute atomic E-state index is 0.135. The largest absolute Gasteiger partial charge is 0.493 e. The van der Waals surface area contributed by atoms with E-state index in [4.69, 9.17) is 16.3 Å². The molecule has 0 radical (unpaired) electrons. The molecule has 0 saturated heterocycles. The molecule has 0 spiro atoms. The minimum Gasteiger partial charge on any atom is -0.493 e. The first kappa shape index (κ1) is 27.9. The second-order valence-electron chi connectivity index (χ2n) is 9.37. The summed E-state index contributed by atoms with van der Waals surface area (Å²) in [5, 5.41) is 0.177. The number of unbranched alkanes of at least 4 members (excludes halogenated alkanes) is 4. The van der Waals surface area contributed by atoms with Gasteiger partial charge in [-0.3, -0.25) is 0 Å². The summed E-state index contributed by atoms with van der Waals surface area (Å²) in [7, 11) is 0. The number of benzene rings is 4. The van der Waals surface area contributed by atoms with Crippen molar-refractivity contribution in [2.45, 2.75) is 51.9 Å². The lowest BCUT2D eigenvalue weighted by atomic mass is 9.96. The van der Waals surface area contributed by atoms with E-state index in [1.54, 1.807) is 12.1 Å². The summed E-state index contributed by atoms with van der Waals surface area (Å²) in [6, 6.07) is 12.3. The maximum Gasteiger partial charge on any atom is 0.145 e. The van der Waals surface area contributed by atoms with Gasteiger partial charge in [-0.25, -0.2) is 22.0 Å². The molecule has 0 fully saturated rings. The van der Waals surface area contributed by atoms with E-state index in [0.717, 1.165) is 44.2 Å². The summed E-state index contributed by atoms with van der Waals surface area (Å²) in [4.78, 5) is 0. The lowest BCUT2D eigenvalue weighted by molar-refractivity contribution is 0.301. The first-order valence-corrected chi connectivity index (χ1v) is 13.1. The third-order valence-electron chi connectivity index (χ3n) is 6.58. The number of hydrogen-bond donors (Lipinski definition) is 0. The molecule has 0 atom stereocenters. The highest BCUT2D eigenvalue weighted by atomic mass is 35.5. The van der Waals surface area contributed by atoms with Gasteiger partial charge in [0.25, 0.3) is 0 Å². The monoisotopic (exact) mass is 546 g/mol. The third-order valence-corrected chi connectivity index (χ3v) is 6.94. The highest BCUT2D eigenvalue weighted by molar-refractivity contribution is 6.30. The quantitative estimate of drug-likeness (QED) is 0.103. The fourth-order valence-corrected chi connectivity index (χ4v) is 4.63. The van der Waals surface area contributed by atoms with Gasteiger partial charge in [0.15, 0.2) is 0 Å². The van der Waals surface area contributed by atoms with Crippen molar-refractivity contribution in [1.29, 1.82) is 0 Å². The number of aryl methyl sites for hydroxylation is 2. The second-order valence-corrected chi connectivity index (χ2v) is 9.75. The Balaban J connectivity index is 1.50. The fraction of sp³-hybridized carbons (Fsp3) is 0.290. The summed E-state index contributed by atoms with van der Waals surface area (Å²) in [6.45, 7) is 2.52. The van der Waals surface area contributed by atoms with Gasteiger partial charge in [-0.15, -0.1) is 0 Å². The Morgan fingerprint density at radius 2 is 1.39 bits per heavy atom. The molecule has 4 aromatic carbocycles. The van der Waals surface area contributed by atoms with Crippen molar-refractivity contribution in [3.05, 3.63) is 99.8 Å². The van der Waals surface area contributed by atoms with Crippen LogP contribution in [0.2, 0.25) is 5.02 Å². The van der Waals surface area contributed by atoms with Crippen molar-refractivity contribution in [2.24, 2.45) is 0 Å². The molecule has 0 amide bonds. The van der Waals surface area contributed by atoms with Crippen LogP contribution in [-0.2, 0) is 12.8 Å². The van der Waals surface area contributed by atoms with Gasteiger partial charge in [-0.1, -0.05) is 68.5 Å². The summed E-state index contributed by atoms with van der Waals surface area (Å²) in [5.41, 5.74) is 0.778. The fourth-order valence-electron chi connectivity index (χ4n) is 4.52. The van der Waals surface area contributed by atoms with Crippen LogP contribution in [0.4, 0.5) is 22.0 Å². The zero-order valence-electron chi connectivity index (χ0n) is 21.0. The van der Waals surface area contributed by atoms with E-state index < -0.39 is 34.1 Å². The topological polar surface area (TPSA) is 9.23 Å². The van der Waals surface area contributed by atoms with Gasteiger partial charge in [-0.05, 0) is 59.5 Å². The van der Waals surface area contributed by atoms with Crippen LogP contribution in [0.15, 0.2) is 54.6 Å². The minimum atomic E-state index is -0.866. The molecule has 0 aliphatic carbocycles. The van der Waals surface area contributed by atoms with E-state index in [1.807, 2.05) is 0 Å². The number of hydrogen-bond acceptors (Lipinski definition) is 1. The third kappa shape index (κ3) is 6.47. The van der Waals surface area contributed by atoms with Crippen molar-refractivity contribution in [2.75, 3.05) is 6.61 Å². The summed E-state index contributed by atoms with van der Waals surface area (Å²) >= 11 is 5.52. The molecule has 4 rings (SSSR count). The van der Waals surface area contributed by atoms with Crippen LogP contribution in [0.1, 0.15) is 50.2 Å². The van der Waals surface area contributed by atoms with E-state index in [9.17, 15) is 17.6 Å². The normalized spacial score (nSPS) is 11.3. The van der Waals surface area contributed by atoms with E-state index in [1.165, 1.54) is 30.3 Å². The Bertz CT molecular complexity index is 1390. The summed E-state index contributed by atoms with van der Waals surface area (Å²) in [6.07, 6.45) is 5.62. The van der Waals surface area contributed by atoms with Crippen molar-refractivity contribution in [1.82, 2.24) is 0 Å². The molecular formula is C31H28ClF5O. The first-order chi connectivity index (χ1) is 18.3. The molecule has 38 heavy (non-hydrogen) atoms. The van der Waals surface area contributed by atoms with E-state index >= 15 is 4.39 Å². The molecular weight excluding hydrogens is 519 g/mol. The first-order valence-electron chi connectivity index (χ1n) is 12.7. The Morgan fingerprint density at radius 1 is 0.711 bits per heavy atom. The van der Waals surface area contributed by atoms with Gasteiger partial charge in [0, 0.05) is 17.5 Å². The highest BCUT2D eigenvalue weighted by Gasteiger charge is 2.16. The molecule has 0 heterocycles. The van der Waals surface area contributed by atoms with Crippen molar-refractivity contribution in [3.63, 3.8) is 0 Å². The molecule has 0 aliphatic rings. The molecule has 0 aromatic heterocycles. The predicted octanol–water partition coefficient (Wildman–Crippen LogP) is 9.99. The zero-order chi connectivity index (χ0) is 27.2. The molecule has 0 unspecified atom stereocenters. The molecule has 0 saturated carbocycles. The van der Waals surface area contributed by atoms with Gasteiger partial charge in [0.05, 0.1) is 12.2 Å². The smallest absolute Gasteiger partial charge is 0.145 e. The number of rotatable bonds is 11. The highest BCUT2D eigenvalue weighted by Crippen LogP contribution is 2.33. The predicted molar refractivity (Wildman–Crippen MR) is 142 cm³/mol. The average molecular weight is 547 g/mol. The van der Waals surface area contributed by atoms with Gasteiger partial charge >= 0.3 is 0 Å². The van der Waals surface area contributed by atoms with E-state index in [2.05, 4.69) is 6.92 Å². The van der Waals surface area contributed by atoms with Gasteiger partial charge in [-0.2, -0.15) is 0 Å². The summed E-state index contributed by atoms with van der Waals surface area (Å²) in [5.74, 6) is -3.61. The molecule has 7 heteroatoms. The van der Waals surface area contributed by atoms with Crippen LogP contribution in [-0.4, -0.2) is 6.61 Å². The van der Waals surface area contributed by atoms with Crippen LogP contribution in [0.25, 0.3) is 21.9 Å². The van der Waals surface area contributed by atoms with Crippen molar-refractivity contribution in [3.8, 4) is 16.9 Å². The number of halogens is 6. The Hall–Kier alpha value is -3.12. The number of ether oxygens (including phenoxy) is 1. The maximum atomic E-state index is 15.2. The van der Waals surface area contributed by atoms with Crippen LogP contribution < -0.4 is 4.74 Å². The Kier molecular flexibility index (Phi) is 9.26. The molecule has 200 valence electrons. The van der Waals surface area contributed by atoms with Gasteiger partial charge in [0.2, 0.25) is 0 Å². The van der Waals surface area contributed by atoms with Crippen LogP contribution in [0.3, 0.4) is 0 Å². The van der Waals surface area contributed by atoms with E-state index in [-0.39, 0.29) is 35.1 Å². The standard InChI is InChI=1S/C31H28ClF5O/c1-2-3-4-5-6-13-38-23-17-25(33)29(26(34)18-23)22-11-12-24-21(16-22)10-9-20(31(24)37)8-7-19-14-27(35)30(32)28(36)15-19/h9-12,14-18H,2-8,13H2,1H3. The lowest BCUT2D eigenvalue weighted by Gasteiger charge is -2.12. The lowest BCUT2D eigenvalue weighted by Crippen LogP contribution is -2.00. The van der Waals surface area contributed by atoms with Gasteiger partial charge < -0.3 is 4.74 Å². The Labute approximate surface area is 224 Å². The second kappa shape index (κ2) is 12.6. The molecule has 0 N–H and O–H groups in total. The molecule has 0 bridgehead atoms. The van der Waals surface area contributed by atoms with Crippen LogP contribution in [0, 0.1) is 29.1 Å². The maximum absolute atomic E-state index is 15.2. The molecule has 0 aliphatic heterocycles. The van der Waals surface area contributed by atoms with Crippen LogP contribution >= 0.6 is 11.6 Å². The molecule has 1 nitrogen and oxygen atoms in total. The van der Waals surface area contributed by atoms with Gasteiger partial charge in [0.1, 0.15) is 39.9 Å². The molecule has 4 aromatic rings.